The first-order chi connectivity index (χ1) is 15.5. The van der Waals surface area contributed by atoms with Crippen molar-refractivity contribution in [1.82, 2.24) is 0 Å². The van der Waals surface area contributed by atoms with Crippen molar-refractivity contribution in [2.75, 3.05) is 7.11 Å². The predicted octanol–water partition coefficient (Wildman–Crippen LogP) is 7.46. The van der Waals surface area contributed by atoms with Crippen molar-refractivity contribution < 1.29 is 13.9 Å². The third-order valence-corrected chi connectivity index (χ3v) is 6.26. The molecular weight excluding hydrogens is 399 g/mol. The van der Waals surface area contributed by atoms with E-state index < -0.39 is 5.60 Å². The molecule has 1 aliphatic heterocycles. The van der Waals surface area contributed by atoms with Crippen LogP contribution in [0.5, 0.6) is 11.5 Å². The lowest BCUT2D eigenvalue weighted by Crippen LogP contribution is -2.35. The second-order valence-electron chi connectivity index (χ2n) is 8.49. The second kappa shape index (κ2) is 7.83. The third kappa shape index (κ3) is 3.25. The molecule has 0 N–H and O–H groups in total. The van der Waals surface area contributed by atoms with Gasteiger partial charge in [-0.05, 0) is 58.7 Å². The van der Waals surface area contributed by atoms with Crippen LogP contribution in [0.15, 0.2) is 84.9 Å². The normalized spacial score (nSPS) is 17.3. The summed E-state index contributed by atoms with van der Waals surface area (Å²) in [6.07, 6.45) is 4.03. The van der Waals surface area contributed by atoms with Gasteiger partial charge in [-0.15, -0.1) is 0 Å². The summed E-state index contributed by atoms with van der Waals surface area (Å²) in [6, 6.07) is 25.0. The molecule has 1 atom stereocenters. The van der Waals surface area contributed by atoms with Crippen LogP contribution in [-0.4, -0.2) is 7.11 Å². The van der Waals surface area contributed by atoms with Gasteiger partial charge in [0.05, 0.1) is 7.11 Å². The Balaban J connectivity index is 1.69. The van der Waals surface area contributed by atoms with E-state index in [4.69, 9.17) is 9.47 Å². The Morgan fingerprint density at radius 3 is 2.41 bits per heavy atom. The minimum atomic E-state index is -1.07. The molecule has 0 radical (unpaired) electrons. The van der Waals surface area contributed by atoms with E-state index in [0.717, 1.165) is 28.0 Å². The molecule has 0 aliphatic carbocycles. The molecule has 32 heavy (non-hydrogen) atoms. The van der Waals surface area contributed by atoms with Gasteiger partial charge in [0.25, 0.3) is 0 Å². The largest absolute Gasteiger partial charge is 0.497 e. The van der Waals surface area contributed by atoms with Gasteiger partial charge >= 0.3 is 0 Å². The Morgan fingerprint density at radius 1 is 0.906 bits per heavy atom. The molecule has 160 valence electrons. The first kappa shape index (κ1) is 20.3. The van der Waals surface area contributed by atoms with Gasteiger partial charge in [-0.2, -0.15) is 0 Å². The number of ether oxygens (including phenoxy) is 2. The molecule has 1 heterocycles. The fourth-order valence-electron chi connectivity index (χ4n) is 4.44. The van der Waals surface area contributed by atoms with E-state index in [1.807, 2.05) is 42.5 Å². The minimum absolute atomic E-state index is 0.307. The number of fused-ring (bicyclic) bond motifs is 3. The topological polar surface area (TPSA) is 18.5 Å². The zero-order valence-electron chi connectivity index (χ0n) is 18.4. The Morgan fingerprint density at radius 2 is 1.69 bits per heavy atom. The second-order valence-corrected chi connectivity index (χ2v) is 8.49. The van der Waals surface area contributed by atoms with Crippen molar-refractivity contribution >= 4 is 16.8 Å². The molecule has 0 saturated heterocycles. The monoisotopic (exact) mass is 424 g/mol. The van der Waals surface area contributed by atoms with E-state index in [0.29, 0.717) is 11.5 Å². The molecule has 0 aromatic heterocycles. The van der Waals surface area contributed by atoms with Gasteiger partial charge in [-0.3, -0.25) is 0 Å². The summed E-state index contributed by atoms with van der Waals surface area (Å²) in [7, 11) is 1.63. The van der Waals surface area contributed by atoms with E-state index in [1.165, 1.54) is 17.0 Å². The van der Waals surface area contributed by atoms with E-state index in [-0.39, 0.29) is 5.82 Å². The van der Waals surface area contributed by atoms with Crippen molar-refractivity contribution in [3.05, 3.63) is 113 Å². The number of halogens is 1. The molecule has 1 unspecified atom stereocenters. The SMILES string of the molecule is COc1ccc(C2(c3ccccc3F)C=Cc3c(ccc4cc(C(C)C)ccc34)O2)cc1. The van der Waals surface area contributed by atoms with E-state index in [2.05, 4.69) is 44.2 Å². The van der Waals surface area contributed by atoms with Crippen LogP contribution in [0.4, 0.5) is 4.39 Å². The number of benzene rings is 4. The van der Waals surface area contributed by atoms with Crippen LogP contribution in [0.1, 0.15) is 42.0 Å². The van der Waals surface area contributed by atoms with Gasteiger partial charge in [-0.25, -0.2) is 4.39 Å². The Kier molecular flexibility index (Phi) is 4.97. The lowest BCUT2D eigenvalue weighted by atomic mass is 9.82. The van der Waals surface area contributed by atoms with Crippen molar-refractivity contribution in [2.45, 2.75) is 25.4 Å². The van der Waals surface area contributed by atoms with Gasteiger partial charge in [0, 0.05) is 16.7 Å². The predicted molar refractivity (Wildman–Crippen MR) is 128 cm³/mol. The third-order valence-electron chi connectivity index (χ3n) is 6.26. The van der Waals surface area contributed by atoms with E-state index in [1.54, 1.807) is 19.2 Å². The molecule has 5 rings (SSSR count). The molecule has 2 nitrogen and oxygen atoms in total. The molecule has 4 aromatic carbocycles. The van der Waals surface area contributed by atoms with Crippen molar-refractivity contribution in [3.8, 4) is 11.5 Å². The molecular formula is C29H25FO2. The number of hydrogen-bond donors (Lipinski definition) is 0. The van der Waals surface area contributed by atoms with Gasteiger partial charge < -0.3 is 9.47 Å². The van der Waals surface area contributed by atoms with Crippen LogP contribution in [-0.2, 0) is 5.60 Å². The molecule has 0 amide bonds. The number of rotatable bonds is 4. The maximum Gasteiger partial charge on any atom is 0.180 e. The maximum atomic E-state index is 15.1. The first-order valence-corrected chi connectivity index (χ1v) is 10.9. The van der Waals surface area contributed by atoms with Crippen LogP contribution in [0.2, 0.25) is 0 Å². The van der Waals surface area contributed by atoms with Gasteiger partial charge in [0.2, 0.25) is 0 Å². The summed E-state index contributed by atoms with van der Waals surface area (Å²) >= 11 is 0. The van der Waals surface area contributed by atoms with Crippen molar-refractivity contribution in [3.63, 3.8) is 0 Å². The average Bonchev–Trinajstić information content (AvgIpc) is 2.83. The van der Waals surface area contributed by atoms with Crippen LogP contribution in [0.3, 0.4) is 0 Å². The molecule has 3 heteroatoms. The van der Waals surface area contributed by atoms with Crippen LogP contribution >= 0.6 is 0 Å². The smallest absolute Gasteiger partial charge is 0.180 e. The van der Waals surface area contributed by atoms with Crippen molar-refractivity contribution in [2.24, 2.45) is 0 Å². The summed E-state index contributed by atoms with van der Waals surface area (Å²) in [5.74, 6) is 1.63. The van der Waals surface area contributed by atoms with Crippen LogP contribution < -0.4 is 9.47 Å². The fourth-order valence-corrected chi connectivity index (χ4v) is 4.44. The Bertz CT molecular complexity index is 1320. The average molecular weight is 425 g/mol. The molecule has 4 aromatic rings. The lowest BCUT2D eigenvalue weighted by Gasteiger charge is -2.36. The summed E-state index contributed by atoms with van der Waals surface area (Å²) in [4.78, 5) is 0. The summed E-state index contributed by atoms with van der Waals surface area (Å²) in [6.45, 7) is 4.39. The van der Waals surface area contributed by atoms with Gasteiger partial charge in [-0.1, -0.05) is 68.4 Å². The highest BCUT2D eigenvalue weighted by Crippen LogP contribution is 2.45. The summed E-state index contributed by atoms with van der Waals surface area (Å²) in [5, 5.41) is 2.30. The molecule has 1 aliphatic rings. The number of methoxy groups -OCH3 is 1. The quantitative estimate of drug-likeness (QED) is 0.338. The minimum Gasteiger partial charge on any atom is -0.497 e. The lowest BCUT2D eigenvalue weighted by molar-refractivity contribution is 0.156. The molecule has 0 fully saturated rings. The van der Waals surface area contributed by atoms with E-state index in [9.17, 15) is 0 Å². The highest BCUT2D eigenvalue weighted by atomic mass is 19.1. The van der Waals surface area contributed by atoms with E-state index >= 15 is 4.39 Å². The van der Waals surface area contributed by atoms with Gasteiger partial charge in [0.1, 0.15) is 17.3 Å². The zero-order chi connectivity index (χ0) is 22.3. The standard InChI is InChI=1S/C29H25FO2/c1-19(2)20-8-14-24-21(18-20)9-15-28-25(24)16-17-29(32-28,26-6-4-5-7-27(26)30)22-10-12-23(31-3)13-11-22/h4-19H,1-3H3. The van der Waals surface area contributed by atoms with Crippen LogP contribution in [0, 0.1) is 5.82 Å². The fraction of sp³-hybridized carbons (Fsp3) is 0.172. The first-order valence-electron chi connectivity index (χ1n) is 10.9. The maximum absolute atomic E-state index is 15.1. The molecule has 0 bridgehead atoms. The number of hydrogen-bond acceptors (Lipinski definition) is 2. The zero-order valence-corrected chi connectivity index (χ0v) is 18.4. The van der Waals surface area contributed by atoms with Crippen LogP contribution in [0.25, 0.3) is 16.8 Å². The molecule has 0 saturated carbocycles. The Hall–Kier alpha value is -3.59. The summed E-state index contributed by atoms with van der Waals surface area (Å²) < 4.78 is 27.0. The molecule has 0 spiro atoms. The van der Waals surface area contributed by atoms with Crippen molar-refractivity contribution in [1.29, 1.82) is 0 Å². The highest BCUT2D eigenvalue weighted by Gasteiger charge is 2.39. The Labute approximate surface area is 187 Å². The van der Waals surface area contributed by atoms with Gasteiger partial charge in [0.15, 0.2) is 5.60 Å². The summed E-state index contributed by atoms with van der Waals surface area (Å²) in [5.41, 5.74) is 2.55. The highest BCUT2D eigenvalue weighted by molar-refractivity contribution is 5.94.